The number of hydrogen-bond donors (Lipinski definition) is 2. The first-order valence-corrected chi connectivity index (χ1v) is 9.59. The van der Waals surface area contributed by atoms with Crippen molar-refractivity contribution in [1.82, 2.24) is 9.62 Å². The molecule has 2 N–H and O–H groups in total. The number of amides is 1. The van der Waals surface area contributed by atoms with E-state index in [0.717, 1.165) is 12.1 Å². The number of aliphatic imine (C=N–C) groups is 1. The van der Waals surface area contributed by atoms with Crippen LogP contribution >= 0.6 is 23.4 Å². The summed E-state index contributed by atoms with van der Waals surface area (Å²) in [5.41, 5.74) is -0.948. The molecule has 10 heteroatoms. The predicted molar refractivity (Wildman–Crippen MR) is 87.8 cm³/mol. The van der Waals surface area contributed by atoms with Crippen LogP contribution < -0.4 is 4.72 Å². The van der Waals surface area contributed by atoms with Gasteiger partial charge in [-0.3, -0.25) is 9.79 Å². The summed E-state index contributed by atoms with van der Waals surface area (Å²) in [7, 11) is -4.09. The van der Waals surface area contributed by atoms with Crippen molar-refractivity contribution < 1.29 is 18.3 Å². The van der Waals surface area contributed by atoms with E-state index in [4.69, 9.17) is 11.6 Å². The van der Waals surface area contributed by atoms with Crippen molar-refractivity contribution in [2.24, 2.45) is 4.99 Å². The third-order valence-electron chi connectivity index (χ3n) is 3.61. The summed E-state index contributed by atoms with van der Waals surface area (Å²) in [6.07, 6.45) is 0. The Morgan fingerprint density at radius 1 is 1.52 bits per heavy atom. The molecule has 7 nitrogen and oxygen atoms in total. The summed E-state index contributed by atoms with van der Waals surface area (Å²) >= 11 is 7.39. The highest BCUT2D eigenvalue weighted by molar-refractivity contribution is 8.14. The number of hydrogen-bond acceptors (Lipinski definition) is 7. The Morgan fingerprint density at radius 3 is 2.96 bits per heavy atom. The Morgan fingerprint density at radius 2 is 2.26 bits per heavy atom. The molecule has 1 amide bonds. The number of aliphatic hydroxyl groups is 1. The highest BCUT2D eigenvalue weighted by Crippen LogP contribution is 2.41. The van der Waals surface area contributed by atoms with Gasteiger partial charge in [-0.2, -0.15) is 0 Å². The molecule has 2 aliphatic heterocycles. The molecule has 1 aromatic rings. The van der Waals surface area contributed by atoms with Crippen LogP contribution in [0, 0.1) is 0 Å². The summed E-state index contributed by atoms with van der Waals surface area (Å²) in [5, 5.41) is 11.7. The van der Waals surface area contributed by atoms with Crippen LogP contribution in [0.3, 0.4) is 0 Å². The lowest BCUT2D eigenvalue weighted by Crippen LogP contribution is -2.44. The van der Waals surface area contributed by atoms with E-state index in [2.05, 4.69) is 4.99 Å². The molecule has 0 saturated carbocycles. The Hall–Kier alpha value is -1.29. The fraction of sp³-hybridized carbons (Fsp3) is 0.385. The summed E-state index contributed by atoms with van der Waals surface area (Å²) in [4.78, 5) is 16.9. The lowest BCUT2D eigenvalue weighted by atomic mass is 10.0. The smallest absolute Gasteiger partial charge is 0.265 e. The van der Waals surface area contributed by atoms with E-state index >= 15 is 0 Å². The summed E-state index contributed by atoms with van der Waals surface area (Å²) in [6.45, 7) is 2.26. The molecule has 0 aliphatic carbocycles. The van der Waals surface area contributed by atoms with Gasteiger partial charge in [0.15, 0.2) is 10.9 Å². The van der Waals surface area contributed by atoms with Crippen LogP contribution in [0.5, 0.6) is 0 Å². The molecular formula is C13H14ClN3O4S2. The van der Waals surface area contributed by atoms with Crippen LogP contribution in [0.15, 0.2) is 28.1 Å². The van der Waals surface area contributed by atoms with Crippen molar-refractivity contribution in [2.75, 3.05) is 18.8 Å². The fourth-order valence-corrected chi connectivity index (χ4v) is 5.33. The minimum Gasteiger partial charge on any atom is -0.366 e. The molecule has 0 radical (unpaired) electrons. The van der Waals surface area contributed by atoms with Gasteiger partial charge < -0.3 is 10.0 Å². The van der Waals surface area contributed by atoms with Crippen LogP contribution in [0.1, 0.15) is 12.5 Å². The van der Waals surface area contributed by atoms with E-state index in [1.807, 2.05) is 4.72 Å². The zero-order chi connectivity index (χ0) is 16.8. The van der Waals surface area contributed by atoms with Crippen molar-refractivity contribution in [1.29, 1.82) is 0 Å². The SMILES string of the molecule is CC(=O)NS(=O)(=O)c1cc(C2(O)CSC3=NCCN32)ccc1Cl. The molecule has 1 saturated heterocycles. The number of rotatable bonds is 3. The fourth-order valence-electron chi connectivity index (χ4n) is 2.58. The van der Waals surface area contributed by atoms with Gasteiger partial charge in [0, 0.05) is 19.0 Å². The maximum Gasteiger partial charge on any atom is 0.265 e. The summed E-state index contributed by atoms with van der Waals surface area (Å²) < 4.78 is 26.3. The monoisotopic (exact) mass is 375 g/mol. The number of amidine groups is 1. The Bertz CT molecular complexity index is 811. The summed E-state index contributed by atoms with van der Waals surface area (Å²) in [5.74, 6) is -0.372. The van der Waals surface area contributed by atoms with Crippen molar-refractivity contribution in [3.05, 3.63) is 28.8 Å². The van der Waals surface area contributed by atoms with Gasteiger partial charge in [-0.05, 0) is 12.1 Å². The second-order valence-electron chi connectivity index (χ2n) is 5.23. The molecule has 124 valence electrons. The zero-order valence-corrected chi connectivity index (χ0v) is 14.5. The first-order chi connectivity index (χ1) is 10.7. The molecule has 2 heterocycles. The van der Waals surface area contributed by atoms with Crippen LogP contribution in [-0.4, -0.2) is 48.3 Å². The Balaban J connectivity index is 2.05. The molecule has 23 heavy (non-hydrogen) atoms. The van der Waals surface area contributed by atoms with Gasteiger partial charge in [-0.15, -0.1) is 0 Å². The average Bonchev–Trinajstić information content (AvgIpc) is 3.03. The maximum absolute atomic E-state index is 12.2. The largest absolute Gasteiger partial charge is 0.366 e. The molecule has 3 rings (SSSR count). The van der Waals surface area contributed by atoms with E-state index in [-0.39, 0.29) is 9.92 Å². The number of carbonyl (C=O) groups excluding carboxylic acids is 1. The number of sulfonamides is 1. The van der Waals surface area contributed by atoms with E-state index in [1.54, 1.807) is 11.0 Å². The number of nitrogens with zero attached hydrogens (tertiary/aromatic N) is 2. The van der Waals surface area contributed by atoms with Gasteiger partial charge in [0.05, 0.1) is 17.3 Å². The number of benzene rings is 1. The highest BCUT2D eigenvalue weighted by Gasteiger charge is 2.46. The molecule has 2 aliphatic rings. The standard InChI is InChI=1S/C13H14ClN3O4S2/c1-8(18)16-23(20,21)11-6-9(2-3-10(11)14)13(19)7-22-12-15-4-5-17(12)13/h2-3,6,19H,4-5,7H2,1H3,(H,16,18). The van der Waals surface area contributed by atoms with Gasteiger partial charge in [0.2, 0.25) is 5.91 Å². The van der Waals surface area contributed by atoms with Gasteiger partial charge in [-0.25, -0.2) is 13.1 Å². The second-order valence-corrected chi connectivity index (χ2v) is 8.23. The number of carbonyl (C=O) groups is 1. The number of thioether (sulfide) groups is 1. The third kappa shape index (κ3) is 2.82. The molecule has 0 bridgehead atoms. The van der Waals surface area contributed by atoms with Gasteiger partial charge in [-0.1, -0.05) is 29.4 Å². The van der Waals surface area contributed by atoms with Crippen LogP contribution in [0.2, 0.25) is 5.02 Å². The number of fused-ring (bicyclic) bond motifs is 1. The van der Waals surface area contributed by atoms with Gasteiger partial charge in [0.25, 0.3) is 10.0 Å². The lowest BCUT2D eigenvalue weighted by Gasteiger charge is -2.32. The molecule has 1 aromatic carbocycles. The molecule has 1 atom stereocenters. The normalized spacial score (nSPS) is 23.6. The van der Waals surface area contributed by atoms with E-state index < -0.39 is 21.7 Å². The first-order valence-electron chi connectivity index (χ1n) is 6.75. The number of halogens is 1. The van der Waals surface area contributed by atoms with Gasteiger partial charge in [0.1, 0.15) is 4.90 Å². The molecular weight excluding hydrogens is 362 g/mol. The molecule has 0 aromatic heterocycles. The maximum atomic E-state index is 12.2. The summed E-state index contributed by atoms with van der Waals surface area (Å²) in [6, 6.07) is 4.28. The topological polar surface area (TPSA) is 99.1 Å². The Kier molecular flexibility index (Phi) is 4.07. The van der Waals surface area contributed by atoms with Crippen LogP contribution in [0.25, 0.3) is 0 Å². The van der Waals surface area contributed by atoms with Crippen molar-refractivity contribution in [3.8, 4) is 0 Å². The lowest BCUT2D eigenvalue weighted by molar-refractivity contribution is -0.117. The quantitative estimate of drug-likeness (QED) is 0.808. The first kappa shape index (κ1) is 16.6. The highest BCUT2D eigenvalue weighted by atomic mass is 35.5. The third-order valence-corrected chi connectivity index (χ3v) is 6.68. The van der Waals surface area contributed by atoms with E-state index in [1.165, 1.54) is 23.9 Å². The van der Waals surface area contributed by atoms with Crippen LogP contribution in [-0.2, 0) is 20.5 Å². The molecule has 1 unspecified atom stereocenters. The molecule has 1 fully saturated rings. The minimum atomic E-state index is -4.09. The van der Waals surface area contributed by atoms with Crippen molar-refractivity contribution in [2.45, 2.75) is 17.5 Å². The Labute approximate surface area is 142 Å². The van der Waals surface area contributed by atoms with Crippen LogP contribution in [0.4, 0.5) is 0 Å². The minimum absolute atomic E-state index is 0.0212. The zero-order valence-electron chi connectivity index (χ0n) is 12.1. The second kappa shape index (κ2) is 5.66. The average molecular weight is 376 g/mol. The van der Waals surface area contributed by atoms with Gasteiger partial charge >= 0.3 is 0 Å². The van der Waals surface area contributed by atoms with Crippen molar-refractivity contribution in [3.63, 3.8) is 0 Å². The van der Waals surface area contributed by atoms with E-state index in [0.29, 0.717) is 24.4 Å². The predicted octanol–water partition coefficient (Wildman–Crippen LogP) is 0.728. The van der Waals surface area contributed by atoms with E-state index in [9.17, 15) is 18.3 Å². The number of nitrogens with one attached hydrogen (secondary N) is 1. The molecule has 0 spiro atoms. The van der Waals surface area contributed by atoms with Crippen molar-refractivity contribution >= 4 is 44.5 Å².